The maximum atomic E-state index is 4.45. The summed E-state index contributed by atoms with van der Waals surface area (Å²) in [7, 11) is 0. The first kappa shape index (κ1) is 29.1. The molecule has 0 atom stereocenters. The molecule has 0 spiro atoms. The van der Waals surface area contributed by atoms with Crippen molar-refractivity contribution in [1.29, 1.82) is 0 Å². The van der Waals surface area contributed by atoms with Crippen LogP contribution in [0.3, 0.4) is 0 Å². The summed E-state index contributed by atoms with van der Waals surface area (Å²) in [6, 6.07) is 44.1. The average Bonchev–Trinajstić information content (AvgIpc) is 3.10. The Labute approximate surface area is 272 Å². The molecule has 2 heteroatoms. The molecule has 2 aromatic heterocycles. The lowest BCUT2D eigenvalue weighted by Crippen LogP contribution is -1.96. The Kier molecular flexibility index (Phi) is 7.86. The normalized spacial score (nSPS) is 11.0. The van der Waals surface area contributed by atoms with Crippen LogP contribution in [0.15, 0.2) is 146 Å². The molecule has 7 aromatic rings. The van der Waals surface area contributed by atoms with Crippen molar-refractivity contribution in [3.63, 3.8) is 0 Å². The average molecular weight is 593 g/mol. The number of aromatic nitrogens is 2. The number of nitrogens with zero attached hydrogens (tertiary/aromatic N) is 2. The molecule has 0 N–H and O–H groups in total. The third-order valence-corrected chi connectivity index (χ3v) is 9.08. The predicted molar refractivity (Wildman–Crippen MR) is 194 cm³/mol. The summed E-state index contributed by atoms with van der Waals surface area (Å²) in [5.74, 6) is 0. The molecule has 5 aromatic carbocycles. The van der Waals surface area contributed by atoms with E-state index in [1.54, 1.807) is 0 Å². The molecule has 0 saturated carbocycles. The molecule has 0 aliphatic rings. The van der Waals surface area contributed by atoms with Crippen LogP contribution in [0.25, 0.3) is 66.8 Å². The highest BCUT2D eigenvalue weighted by Crippen LogP contribution is 2.45. The lowest BCUT2D eigenvalue weighted by atomic mass is 9.82. The molecule has 2 nitrogen and oxygen atoms in total. The van der Waals surface area contributed by atoms with Crippen molar-refractivity contribution >= 4 is 0 Å². The molecular weight excluding hydrogens is 556 g/mol. The van der Waals surface area contributed by atoms with Crippen LogP contribution in [0, 0.1) is 27.7 Å². The number of pyridine rings is 2. The highest BCUT2D eigenvalue weighted by molar-refractivity contribution is 5.97. The van der Waals surface area contributed by atoms with Gasteiger partial charge in [-0.1, -0.05) is 84.9 Å². The highest BCUT2D eigenvalue weighted by Gasteiger charge is 2.19. The summed E-state index contributed by atoms with van der Waals surface area (Å²) in [5, 5.41) is 0. The van der Waals surface area contributed by atoms with E-state index in [0.29, 0.717) is 0 Å². The topological polar surface area (TPSA) is 25.8 Å². The molecule has 0 amide bonds. The van der Waals surface area contributed by atoms with Crippen LogP contribution in [0.1, 0.15) is 22.3 Å². The molecule has 0 bridgehead atoms. The number of aryl methyl sites for hydroxylation is 4. The molecule has 0 aliphatic carbocycles. The van der Waals surface area contributed by atoms with Gasteiger partial charge < -0.3 is 0 Å². The Morgan fingerprint density at radius 1 is 0.304 bits per heavy atom. The first-order valence-corrected chi connectivity index (χ1v) is 15.8. The minimum atomic E-state index is 1.16. The van der Waals surface area contributed by atoms with Gasteiger partial charge in [0.05, 0.1) is 0 Å². The van der Waals surface area contributed by atoms with Crippen molar-refractivity contribution in [2.24, 2.45) is 0 Å². The van der Waals surface area contributed by atoms with Crippen LogP contribution in [-0.2, 0) is 0 Å². The molecule has 0 aliphatic heterocycles. The van der Waals surface area contributed by atoms with Gasteiger partial charge >= 0.3 is 0 Å². The van der Waals surface area contributed by atoms with Crippen molar-refractivity contribution in [3.8, 4) is 66.8 Å². The zero-order valence-corrected chi connectivity index (χ0v) is 26.8. The molecule has 0 saturated heterocycles. The van der Waals surface area contributed by atoms with Crippen molar-refractivity contribution in [2.45, 2.75) is 27.7 Å². The van der Waals surface area contributed by atoms with Crippen LogP contribution in [-0.4, -0.2) is 9.97 Å². The van der Waals surface area contributed by atoms with Gasteiger partial charge in [0.15, 0.2) is 0 Å². The summed E-state index contributed by atoms with van der Waals surface area (Å²) >= 11 is 0. The SMILES string of the molecule is Cc1ccncc1-c1ccc(C)c(-c2cc(-c3ccccc3)c(-c3cc(-c4cnccc4C)ccc3C)cc2-c2ccccc2)c1. The number of hydrogen-bond donors (Lipinski definition) is 0. The first-order valence-electron chi connectivity index (χ1n) is 15.8. The van der Waals surface area contributed by atoms with E-state index in [2.05, 4.69) is 159 Å². The first-order chi connectivity index (χ1) is 22.5. The second-order valence-corrected chi connectivity index (χ2v) is 12.1. The third kappa shape index (κ3) is 5.55. The third-order valence-electron chi connectivity index (χ3n) is 9.08. The molecule has 2 heterocycles. The summed E-state index contributed by atoms with van der Waals surface area (Å²) in [6.45, 7) is 8.73. The van der Waals surface area contributed by atoms with Crippen LogP contribution < -0.4 is 0 Å². The highest BCUT2D eigenvalue weighted by atomic mass is 14.6. The summed E-state index contributed by atoms with van der Waals surface area (Å²) < 4.78 is 0. The van der Waals surface area contributed by atoms with Gasteiger partial charge in [-0.3, -0.25) is 9.97 Å². The second kappa shape index (κ2) is 12.4. The van der Waals surface area contributed by atoms with E-state index in [0.717, 1.165) is 11.1 Å². The lowest BCUT2D eigenvalue weighted by molar-refractivity contribution is 1.28. The van der Waals surface area contributed by atoms with Crippen LogP contribution >= 0.6 is 0 Å². The number of rotatable bonds is 6. The minimum absolute atomic E-state index is 1.16. The Bertz CT molecular complexity index is 2020. The molecule has 0 fully saturated rings. The van der Waals surface area contributed by atoms with E-state index in [1.807, 2.05) is 24.8 Å². The van der Waals surface area contributed by atoms with Crippen molar-refractivity contribution in [2.75, 3.05) is 0 Å². The van der Waals surface area contributed by atoms with Gasteiger partial charge in [0.1, 0.15) is 0 Å². The van der Waals surface area contributed by atoms with Gasteiger partial charge in [0.25, 0.3) is 0 Å². The van der Waals surface area contributed by atoms with Crippen molar-refractivity contribution < 1.29 is 0 Å². The summed E-state index contributed by atoms with van der Waals surface area (Å²) in [6.07, 6.45) is 7.66. The maximum Gasteiger partial charge on any atom is 0.0349 e. The van der Waals surface area contributed by atoms with Crippen molar-refractivity contribution in [1.82, 2.24) is 9.97 Å². The van der Waals surface area contributed by atoms with E-state index >= 15 is 0 Å². The quantitative estimate of drug-likeness (QED) is 0.192. The van der Waals surface area contributed by atoms with E-state index in [-0.39, 0.29) is 0 Å². The Morgan fingerprint density at radius 3 is 1.09 bits per heavy atom. The monoisotopic (exact) mass is 592 g/mol. The second-order valence-electron chi connectivity index (χ2n) is 12.1. The van der Waals surface area contributed by atoms with E-state index < -0.39 is 0 Å². The Morgan fingerprint density at radius 2 is 0.696 bits per heavy atom. The molecular formula is C44H36N2. The van der Waals surface area contributed by atoms with Gasteiger partial charge in [-0.2, -0.15) is 0 Å². The Hall–Kier alpha value is -5.60. The van der Waals surface area contributed by atoms with Gasteiger partial charge in [-0.05, 0) is 142 Å². The van der Waals surface area contributed by atoms with Crippen LogP contribution in [0.4, 0.5) is 0 Å². The Balaban J connectivity index is 1.54. The molecule has 46 heavy (non-hydrogen) atoms. The lowest BCUT2D eigenvalue weighted by Gasteiger charge is -2.21. The van der Waals surface area contributed by atoms with Gasteiger partial charge in [0, 0.05) is 35.9 Å². The summed E-state index contributed by atoms with van der Waals surface area (Å²) in [5.41, 5.74) is 19.2. The summed E-state index contributed by atoms with van der Waals surface area (Å²) in [4.78, 5) is 8.90. The number of hydrogen-bond acceptors (Lipinski definition) is 2. The molecule has 0 radical (unpaired) electrons. The standard InChI is InChI=1S/C44H36N2/c1-29-15-17-35(43-27-45-21-19-31(43)3)23-37(29)41-25-40(34-13-9-6-10-14-34)42(26-39(41)33-11-7-5-8-12-33)38-24-36(18-16-30(38)2)44-28-46-22-20-32(44)4/h5-28H,1-4H3. The van der Waals surface area contributed by atoms with Crippen LogP contribution in [0.2, 0.25) is 0 Å². The fourth-order valence-corrected chi connectivity index (χ4v) is 6.45. The number of benzene rings is 5. The predicted octanol–water partition coefficient (Wildman–Crippen LogP) is 11.7. The van der Waals surface area contributed by atoms with Gasteiger partial charge in [-0.25, -0.2) is 0 Å². The fourth-order valence-electron chi connectivity index (χ4n) is 6.45. The molecule has 222 valence electrons. The van der Waals surface area contributed by atoms with Crippen LogP contribution in [0.5, 0.6) is 0 Å². The fraction of sp³-hybridized carbons (Fsp3) is 0.0909. The van der Waals surface area contributed by atoms with E-state index in [1.165, 1.54) is 77.9 Å². The molecule has 0 unspecified atom stereocenters. The zero-order chi connectivity index (χ0) is 31.6. The zero-order valence-electron chi connectivity index (χ0n) is 26.8. The van der Waals surface area contributed by atoms with E-state index in [9.17, 15) is 0 Å². The minimum Gasteiger partial charge on any atom is -0.264 e. The van der Waals surface area contributed by atoms with Gasteiger partial charge in [-0.15, -0.1) is 0 Å². The van der Waals surface area contributed by atoms with E-state index in [4.69, 9.17) is 0 Å². The van der Waals surface area contributed by atoms with Gasteiger partial charge in [0.2, 0.25) is 0 Å². The maximum absolute atomic E-state index is 4.45. The largest absolute Gasteiger partial charge is 0.264 e. The van der Waals surface area contributed by atoms with Crippen molar-refractivity contribution in [3.05, 3.63) is 168 Å². The molecule has 7 rings (SSSR count). The smallest absolute Gasteiger partial charge is 0.0349 e.